The lowest BCUT2D eigenvalue weighted by atomic mass is 9.88. The van der Waals surface area contributed by atoms with Gasteiger partial charge in [-0.25, -0.2) is 0 Å². The molecule has 0 amide bonds. The first-order valence-corrected chi connectivity index (χ1v) is 6.52. The Kier molecular flexibility index (Phi) is 2.71. The Morgan fingerprint density at radius 2 is 1.93 bits per heavy atom. The van der Waals surface area contributed by atoms with Gasteiger partial charge in [0, 0.05) is 25.2 Å². The normalized spacial score (nSPS) is 38.2. The molecular formula is C12H23N3. The van der Waals surface area contributed by atoms with Crippen molar-refractivity contribution in [3.63, 3.8) is 0 Å². The summed E-state index contributed by atoms with van der Waals surface area (Å²) < 4.78 is 0. The number of likely N-dealkylation sites (tertiary alicyclic amines) is 2. The van der Waals surface area contributed by atoms with Crippen LogP contribution < -0.4 is 5.32 Å². The van der Waals surface area contributed by atoms with Gasteiger partial charge < -0.3 is 5.32 Å². The van der Waals surface area contributed by atoms with Gasteiger partial charge in [-0.15, -0.1) is 0 Å². The van der Waals surface area contributed by atoms with Crippen LogP contribution in [0.5, 0.6) is 0 Å². The highest BCUT2D eigenvalue weighted by Gasteiger charge is 2.35. The largest absolute Gasteiger partial charge is 0.316 e. The molecule has 0 aromatic rings. The van der Waals surface area contributed by atoms with E-state index in [0.717, 1.165) is 18.0 Å². The maximum Gasteiger partial charge on any atom is 0.0511 e. The SMILES string of the molecule is CC1CCN1CN1CCC1CC1CNC1. The average Bonchev–Trinajstić information content (AvgIpc) is 2.12. The van der Waals surface area contributed by atoms with Crippen molar-refractivity contribution in [2.45, 2.75) is 38.3 Å². The van der Waals surface area contributed by atoms with Crippen molar-refractivity contribution in [2.75, 3.05) is 32.8 Å². The van der Waals surface area contributed by atoms with Crippen LogP contribution in [-0.2, 0) is 0 Å². The molecule has 3 saturated heterocycles. The van der Waals surface area contributed by atoms with Crippen molar-refractivity contribution in [1.82, 2.24) is 15.1 Å². The highest BCUT2D eigenvalue weighted by atomic mass is 15.4. The van der Waals surface area contributed by atoms with Crippen LogP contribution in [0, 0.1) is 5.92 Å². The Morgan fingerprint density at radius 3 is 2.33 bits per heavy atom. The fourth-order valence-corrected chi connectivity index (χ4v) is 2.86. The topological polar surface area (TPSA) is 18.5 Å². The van der Waals surface area contributed by atoms with Crippen LogP contribution >= 0.6 is 0 Å². The molecule has 86 valence electrons. The van der Waals surface area contributed by atoms with Crippen molar-refractivity contribution in [2.24, 2.45) is 5.92 Å². The second kappa shape index (κ2) is 4.04. The molecule has 3 fully saturated rings. The molecule has 0 bridgehead atoms. The summed E-state index contributed by atoms with van der Waals surface area (Å²) in [6, 6.07) is 1.75. The molecule has 3 heterocycles. The summed E-state index contributed by atoms with van der Waals surface area (Å²) in [4.78, 5) is 5.30. The molecule has 1 N–H and O–H groups in total. The molecule has 0 aromatic heterocycles. The van der Waals surface area contributed by atoms with E-state index in [4.69, 9.17) is 0 Å². The van der Waals surface area contributed by atoms with Gasteiger partial charge in [0.2, 0.25) is 0 Å². The third-order valence-electron chi connectivity index (χ3n) is 4.56. The van der Waals surface area contributed by atoms with E-state index < -0.39 is 0 Å². The van der Waals surface area contributed by atoms with Crippen molar-refractivity contribution >= 4 is 0 Å². The third kappa shape index (κ3) is 1.93. The first-order valence-electron chi connectivity index (χ1n) is 6.52. The Morgan fingerprint density at radius 1 is 1.13 bits per heavy atom. The number of hydrogen-bond donors (Lipinski definition) is 1. The number of nitrogens with zero attached hydrogens (tertiary/aromatic N) is 2. The van der Waals surface area contributed by atoms with E-state index in [1.165, 1.54) is 52.1 Å². The lowest BCUT2D eigenvalue weighted by Gasteiger charge is -2.50. The fraction of sp³-hybridized carbons (Fsp3) is 1.00. The Labute approximate surface area is 92.8 Å². The van der Waals surface area contributed by atoms with Gasteiger partial charge in [-0.2, -0.15) is 0 Å². The summed E-state index contributed by atoms with van der Waals surface area (Å²) in [5.41, 5.74) is 0. The van der Waals surface area contributed by atoms with Gasteiger partial charge in [-0.3, -0.25) is 9.80 Å². The van der Waals surface area contributed by atoms with Gasteiger partial charge in [0.05, 0.1) is 6.67 Å². The van der Waals surface area contributed by atoms with Crippen molar-refractivity contribution in [1.29, 1.82) is 0 Å². The molecule has 0 radical (unpaired) electrons. The summed E-state index contributed by atoms with van der Waals surface area (Å²) in [7, 11) is 0. The van der Waals surface area contributed by atoms with Crippen LogP contribution in [0.25, 0.3) is 0 Å². The van der Waals surface area contributed by atoms with Crippen LogP contribution in [0.15, 0.2) is 0 Å². The van der Waals surface area contributed by atoms with Crippen molar-refractivity contribution < 1.29 is 0 Å². The summed E-state index contributed by atoms with van der Waals surface area (Å²) in [5.74, 6) is 0.978. The van der Waals surface area contributed by atoms with E-state index in [1.54, 1.807) is 0 Å². The zero-order valence-electron chi connectivity index (χ0n) is 9.78. The Hall–Kier alpha value is -0.120. The fourth-order valence-electron chi connectivity index (χ4n) is 2.86. The molecular weight excluding hydrogens is 186 g/mol. The first-order chi connectivity index (χ1) is 7.33. The van der Waals surface area contributed by atoms with Crippen LogP contribution in [0.4, 0.5) is 0 Å². The van der Waals surface area contributed by atoms with Gasteiger partial charge in [-0.05, 0) is 45.2 Å². The van der Waals surface area contributed by atoms with E-state index in [-0.39, 0.29) is 0 Å². The van der Waals surface area contributed by atoms with Crippen LogP contribution in [0.1, 0.15) is 26.2 Å². The minimum Gasteiger partial charge on any atom is -0.316 e. The molecule has 3 aliphatic rings. The molecule has 3 rings (SSSR count). The second-order valence-electron chi connectivity index (χ2n) is 5.61. The van der Waals surface area contributed by atoms with Crippen LogP contribution in [0.2, 0.25) is 0 Å². The van der Waals surface area contributed by atoms with Crippen molar-refractivity contribution in [3.05, 3.63) is 0 Å². The zero-order valence-corrected chi connectivity index (χ0v) is 9.78. The maximum atomic E-state index is 3.37. The van der Waals surface area contributed by atoms with E-state index in [9.17, 15) is 0 Å². The van der Waals surface area contributed by atoms with Crippen molar-refractivity contribution in [3.8, 4) is 0 Å². The predicted octanol–water partition coefficient (Wildman–Crippen LogP) is 0.722. The molecule has 2 atom stereocenters. The quantitative estimate of drug-likeness (QED) is 0.736. The van der Waals surface area contributed by atoms with Gasteiger partial charge >= 0.3 is 0 Å². The van der Waals surface area contributed by atoms with E-state index in [0.29, 0.717) is 0 Å². The number of hydrogen-bond acceptors (Lipinski definition) is 3. The second-order valence-corrected chi connectivity index (χ2v) is 5.61. The Balaban J connectivity index is 1.41. The molecule has 2 unspecified atom stereocenters. The minimum atomic E-state index is 0.844. The van der Waals surface area contributed by atoms with E-state index in [1.807, 2.05) is 0 Å². The average molecular weight is 209 g/mol. The maximum absolute atomic E-state index is 3.37. The summed E-state index contributed by atoms with van der Waals surface area (Å²) >= 11 is 0. The molecule has 0 saturated carbocycles. The zero-order chi connectivity index (χ0) is 10.3. The van der Waals surface area contributed by atoms with E-state index in [2.05, 4.69) is 22.0 Å². The lowest BCUT2D eigenvalue weighted by molar-refractivity contribution is -0.0346. The predicted molar refractivity (Wildman–Crippen MR) is 61.7 cm³/mol. The van der Waals surface area contributed by atoms with Gasteiger partial charge in [-0.1, -0.05) is 0 Å². The lowest BCUT2D eigenvalue weighted by Crippen LogP contribution is -2.59. The molecule has 0 aliphatic carbocycles. The Bertz CT molecular complexity index is 227. The first kappa shape index (κ1) is 10.1. The highest BCUT2D eigenvalue weighted by molar-refractivity contribution is 4.90. The van der Waals surface area contributed by atoms with Gasteiger partial charge in [0.15, 0.2) is 0 Å². The van der Waals surface area contributed by atoms with Crippen LogP contribution in [0.3, 0.4) is 0 Å². The number of rotatable bonds is 4. The standard InChI is InChI=1S/C12H23N3/c1-10-2-4-14(10)9-15-5-3-12(15)6-11-7-13-8-11/h10-13H,2-9H2,1H3. The summed E-state index contributed by atoms with van der Waals surface area (Å²) in [6.07, 6.45) is 4.29. The molecule has 3 aliphatic heterocycles. The molecule has 15 heavy (non-hydrogen) atoms. The third-order valence-corrected chi connectivity index (χ3v) is 4.56. The smallest absolute Gasteiger partial charge is 0.0511 e. The molecule has 3 nitrogen and oxygen atoms in total. The van der Waals surface area contributed by atoms with E-state index >= 15 is 0 Å². The van der Waals surface area contributed by atoms with Gasteiger partial charge in [0.1, 0.15) is 0 Å². The molecule has 0 aromatic carbocycles. The summed E-state index contributed by atoms with van der Waals surface area (Å²) in [5, 5.41) is 3.37. The molecule has 3 heteroatoms. The monoisotopic (exact) mass is 209 g/mol. The minimum absolute atomic E-state index is 0.844. The van der Waals surface area contributed by atoms with Crippen LogP contribution in [-0.4, -0.2) is 54.7 Å². The number of nitrogens with one attached hydrogen (secondary N) is 1. The van der Waals surface area contributed by atoms with Gasteiger partial charge in [0.25, 0.3) is 0 Å². The molecule has 0 spiro atoms. The summed E-state index contributed by atoms with van der Waals surface area (Å²) in [6.45, 7) is 8.80. The highest BCUT2D eigenvalue weighted by Crippen LogP contribution is 2.27.